The van der Waals surface area contributed by atoms with Gasteiger partial charge in [0, 0.05) is 30.2 Å². The zero-order valence-corrected chi connectivity index (χ0v) is 19.7. The summed E-state index contributed by atoms with van der Waals surface area (Å²) in [7, 11) is 1.58. The normalized spacial score (nSPS) is 10.7. The summed E-state index contributed by atoms with van der Waals surface area (Å²) in [6, 6.07) is 20.8. The van der Waals surface area contributed by atoms with Gasteiger partial charge in [-0.25, -0.2) is 0 Å². The van der Waals surface area contributed by atoms with Gasteiger partial charge in [-0.1, -0.05) is 46.3 Å². The molecular formula is C25H27BrN2O4. The summed E-state index contributed by atoms with van der Waals surface area (Å²) >= 11 is 3.38. The Hall–Kier alpha value is -2.90. The van der Waals surface area contributed by atoms with Crippen molar-refractivity contribution < 1.29 is 18.7 Å². The molecule has 1 aromatic heterocycles. The maximum Gasteiger partial charge on any atom is 0.254 e. The van der Waals surface area contributed by atoms with Crippen molar-refractivity contribution in [1.82, 2.24) is 9.80 Å². The minimum Gasteiger partial charge on any atom is -0.467 e. The monoisotopic (exact) mass is 498 g/mol. The molecular weight excluding hydrogens is 472 g/mol. The van der Waals surface area contributed by atoms with Crippen LogP contribution in [0.5, 0.6) is 0 Å². The highest BCUT2D eigenvalue weighted by Crippen LogP contribution is 2.14. The molecule has 1 heterocycles. The number of halogens is 1. The third-order valence-corrected chi connectivity index (χ3v) is 5.59. The van der Waals surface area contributed by atoms with Gasteiger partial charge in [0.15, 0.2) is 0 Å². The summed E-state index contributed by atoms with van der Waals surface area (Å²) in [5.41, 5.74) is 1.67. The van der Waals surface area contributed by atoms with Gasteiger partial charge in [0.1, 0.15) is 12.3 Å². The number of hydrogen-bond acceptors (Lipinski definition) is 4. The van der Waals surface area contributed by atoms with Crippen molar-refractivity contribution in [1.29, 1.82) is 0 Å². The van der Waals surface area contributed by atoms with Gasteiger partial charge in [0.25, 0.3) is 5.91 Å². The Labute approximate surface area is 196 Å². The fourth-order valence-corrected chi connectivity index (χ4v) is 3.55. The second kappa shape index (κ2) is 12.2. The van der Waals surface area contributed by atoms with Crippen molar-refractivity contribution in [2.45, 2.75) is 13.0 Å². The average molecular weight is 499 g/mol. The van der Waals surface area contributed by atoms with Crippen LogP contribution in [0.3, 0.4) is 0 Å². The average Bonchev–Trinajstić information content (AvgIpc) is 3.33. The second-order valence-corrected chi connectivity index (χ2v) is 8.27. The Morgan fingerprint density at radius 2 is 1.69 bits per heavy atom. The number of hydrogen-bond donors (Lipinski definition) is 0. The van der Waals surface area contributed by atoms with E-state index in [-0.39, 0.29) is 18.4 Å². The Balaban J connectivity index is 1.73. The molecule has 2 aromatic carbocycles. The molecule has 6 nitrogen and oxygen atoms in total. The molecule has 0 spiro atoms. The van der Waals surface area contributed by atoms with Crippen molar-refractivity contribution in [3.05, 3.63) is 94.4 Å². The SMILES string of the molecule is COCCN(CC(=O)N(CCc1ccccc1)Cc1ccco1)C(=O)c1ccc(Br)cc1. The Bertz CT molecular complexity index is 975. The van der Waals surface area contributed by atoms with E-state index >= 15 is 0 Å². The van der Waals surface area contributed by atoms with Gasteiger partial charge in [-0.05, 0) is 48.4 Å². The number of carbonyl (C=O) groups is 2. The van der Waals surface area contributed by atoms with E-state index in [1.165, 1.54) is 4.90 Å². The molecule has 0 atom stereocenters. The fraction of sp³-hybridized carbons (Fsp3) is 0.280. The third-order valence-electron chi connectivity index (χ3n) is 5.06. The molecule has 0 saturated heterocycles. The van der Waals surface area contributed by atoms with E-state index in [2.05, 4.69) is 15.9 Å². The Kier molecular flexibility index (Phi) is 9.07. The van der Waals surface area contributed by atoms with Crippen LogP contribution in [0.1, 0.15) is 21.7 Å². The number of methoxy groups -OCH3 is 1. The van der Waals surface area contributed by atoms with Gasteiger partial charge in [0.05, 0.1) is 19.4 Å². The van der Waals surface area contributed by atoms with Crippen molar-refractivity contribution in [2.24, 2.45) is 0 Å². The topological polar surface area (TPSA) is 63.0 Å². The molecule has 3 aromatic rings. The number of benzene rings is 2. The van der Waals surface area contributed by atoms with Crippen LogP contribution in [0.25, 0.3) is 0 Å². The largest absolute Gasteiger partial charge is 0.467 e. The first-order valence-corrected chi connectivity index (χ1v) is 11.2. The second-order valence-electron chi connectivity index (χ2n) is 7.36. The van der Waals surface area contributed by atoms with Gasteiger partial charge in [-0.3, -0.25) is 9.59 Å². The van der Waals surface area contributed by atoms with Crippen LogP contribution in [0.4, 0.5) is 0 Å². The molecule has 0 saturated carbocycles. The van der Waals surface area contributed by atoms with Crippen molar-refractivity contribution in [3.8, 4) is 0 Å². The molecule has 168 valence electrons. The van der Waals surface area contributed by atoms with E-state index in [9.17, 15) is 9.59 Å². The molecule has 3 rings (SSSR count). The molecule has 7 heteroatoms. The van der Waals surface area contributed by atoms with Crippen LogP contribution in [0.2, 0.25) is 0 Å². The summed E-state index contributed by atoms with van der Waals surface area (Å²) in [5, 5.41) is 0. The highest BCUT2D eigenvalue weighted by molar-refractivity contribution is 9.10. The quantitative estimate of drug-likeness (QED) is 0.393. The van der Waals surface area contributed by atoms with Crippen LogP contribution in [-0.2, 0) is 22.5 Å². The van der Waals surface area contributed by atoms with Crippen LogP contribution in [0, 0.1) is 0 Å². The molecule has 0 N–H and O–H groups in total. The van der Waals surface area contributed by atoms with Crippen molar-refractivity contribution in [2.75, 3.05) is 33.4 Å². The maximum absolute atomic E-state index is 13.3. The fourth-order valence-electron chi connectivity index (χ4n) is 3.28. The van der Waals surface area contributed by atoms with E-state index < -0.39 is 0 Å². The summed E-state index contributed by atoms with van der Waals surface area (Å²) in [6.07, 6.45) is 2.31. The van der Waals surface area contributed by atoms with Crippen LogP contribution >= 0.6 is 15.9 Å². The van der Waals surface area contributed by atoms with E-state index in [0.717, 1.165) is 10.0 Å². The van der Waals surface area contributed by atoms with Crippen molar-refractivity contribution in [3.63, 3.8) is 0 Å². The zero-order chi connectivity index (χ0) is 22.8. The standard InChI is InChI=1S/C25H27BrN2O4/c1-31-17-15-28(25(30)21-9-11-22(26)12-10-21)19-24(29)27(18-23-8-5-16-32-23)14-13-20-6-3-2-4-7-20/h2-12,16H,13-15,17-19H2,1H3. The molecule has 0 aliphatic carbocycles. The number of amides is 2. The first kappa shape index (κ1) is 23.8. The maximum atomic E-state index is 13.3. The lowest BCUT2D eigenvalue weighted by Gasteiger charge is -2.27. The lowest BCUT2D eigenvalue weighted by molar-refractivity contribution is -0.132. The molecule has 2 amide bonds. The van der Waals surface area contributed by atoms with Crippen LogP contribution in [0.15, 0.2) is 81.9 Å². The first-order chi connectivity index (χ1) is 15.6. The van der Waals surface area contributed by atoms with E-state index in [0.29, 0.717) is 44.0 Å². The van der Waals surface area contributed by atoms with Gasteiger partial charge < -0.3 is 19.0 Å². The van der Waals surface area contributed by atoms with E-state index in [1.54, 1.807) is 36.5 Å². The molecule has 0 fully saturated rings. The van der Waals surface area contributed by atoms with Crippen LogP contribution < -0.4 is 0 Å². The Morgan fingerprint density at radius 3 is 2.34 bits per heavy atom. The number of furan rings is 1. The predicted octanol–water partition coefficient (Wildman–Crippen LogP) is 4.40. The van der Waals surface area contributed by atoms with Crippen LogP contribution in [-0.4, -0.2) is 55.0 Å². The molecule has 0 radical (unpaired) electrons. The number of nitrogens with zero attached hydrogens (tertiary/aromatic N) is 2. The summed E-state index contributed by atoms with van der Waals surface area (Å²) in [4.78, 5) is 29.6. The molecule has 0 aliphatic heterocycles. The number of carbonyl (C=O) groups excluding carboxylic acids is 2. The van der Waals surface area contributed by atoms with Gasteiger partial charge in [-0.2, -0.15) is 0 Å². The predicted molar refractivity (Wildman–Crippen MR) is 126 cm³/mol. The van der Waals surface area contributed by atoms with Gasteiger partial charge >= 0.3 is 0 Å². The number of rotatable bonds is 11. The molecule has 0 bridgehead atoms. The molecule has 0 unspecified atom stereocenters. The highest BCUT2D eigenvalue weighted by atomic mass is 79.9. The summed E-state index contributed by atoms with van der Waals surface area (Å²) < 4.78 is 11.5. The third kappa shape index (κ3) is 7.07. The van der Waals surface area contributed by atoms with E-state index in [4.69, 9.17) is 9.15 Å². The molecule has 0 aliphatic rings. The smallest absolute Gasteiger partial charge is 0.254 e. The molecule has 32 heavy (non-hydrogen) atoms. The minimum atomic E-state index is -0.205. The summed E-state index contributed by atoms with van der Waals surface area (Å²) in [5.74, 6) is 0.358. The zero-order valence-electron chi connectivity index (χ0n) is 18.1. The van der Waals surface area contributed by atoms with Gasteiger partial charge in [-0.15, -0.1) is 0 Å². The Morgan fingerprint density at radius 1 is 0.938 bits per heavy atom. The summed E-state index contributed by atoms with van der Waals surface area (Å²) in [6.45, 7) is 1.51. The van der Waals surface area contributed by atoms with Gasteiger partial charge in [0.2, 0.25) is 5.91 Å². The first-order valence-electron chi connectivity index (χ1n) is 10.4. The minimum absolute atomic E-state index is 0.0340. The highest BCUT2D eigenvalue weighted by Gasteiger charge is 2.23. The van der Waals surface area contributed by atoms with E-state index in [1.807, 2.05) is 48.5 Å². The lowest BCUT2D eigenvalue weighted by Crippen LogP contribution is -2.44. The lowest BCUT2D eigenvalue weighted by atomic mass is 10.1. The van der Waals surface area contributed by atoms with Crippen molar-refractivity contribution >= 4 is 27.7 Å². The number of ether oxygens (including phenoxy) is 1.